The summed E-state index contributed by atoms with van der Waals surface area (Å²) in [6.45, 7) is 1.61. The molecular formula is C16H10F4N2OS. The van der Waals surface area contributed by atoms with Crippen LogP contribution in [0.4, 0.5) is 22.7 Å². The minimum Gasteiger partial charge on any atom is -0.298 e. The van der Waals surface area contributed by atoms with Crippen molar-refractivity contribution in [3.8, 4) is 0 Å². The van der Waals surface area contributed by atoms with Gasteiger partial charge in [-0.3, -0.25) is 10.1 Å². The Morgan fingerprint density at radius 1 is 1.21 bits per heavy atom. The van der Waals surface area contributed by atoms with Gasteiger partial charge in [0.05, 0.1) is 15.8 Å². The summed E-state index contributed by atoms with van der Waals surface area (Å²) in [5, 5.41) is 2.64. The van der Waals surface area contributed by atoms with Gasteiger partial charge in [-0.1, -0.05) is 17.4 Å². The first-order chi connectivity index (χ1) is 11.2. The quantitative estimate of drug-likeness (QED) is 0.657. The molecule has 1 heterocycles. The summed E-state index contributed by atoms with van der Waals surface area (Å²) < 4.78 is 52.3. The van der Waals surface area contributed by atoms with Crippen LogP contribution in [0.5, 0.6) is 0 Å². The second-order valence-electron chi connectivity index (χ2n) is 5.12. The summed E-state index contributed by atoms with van der Waals surface area (Å²) >= 11 is 1.12. The molecule has 0 aliphatic rings. The molecule has 3 nitrogen and oxygen atoms in total. The van der Waals surface area contributed by atoms with Crippen molar-refractivity contribution >= 4 is 32.6 Å². The van der Waals surface area contributed by atoms with E-state index in [2.05, 4.69) is 10.3 Å². The van der Waals surface area contributed by atoms with Crippen LogP contribution in [0.1, 0.15) is 21.5 Å². The van der Waals surface area contributed by atoms with Crippen molar-refractivity contribution in [2.45, 2.75) is 13.1 Å². The SMILES string of the molecule is Cc1cc2sc(NC(=O)c3cccc(C(F)(F)F)c3)nc2cc1F. The molecule has 0 saturated carbocycles. The highest BCUT2D eigenvalue weighted by Gasteiger charge is 2.30. The van der Waals surface area contributed by atoms with Crippen LogP contribution >= 0.6 is 11.3 Å². The number of alkyl halides is 3. The number of rotatable bonds is 2. The smallest absolute Gasteiger partial charge is 0.298 e. The summed E-state index contributed by atoms with van der Waals surface area (Å²) in [4.78, 5) is 16.2. The van der Waals surface area contributed by atoms with Crippen LogP contribution in [-0.4, -0.2) is 10.9 Å². The number of nitrogens with zero attached hydrogens (tertiary/aromatic N) is 1. The number of carbonyl (C=O) groups is 1. The van der Waals surface area contributed by atoms with Crippen LogP contribution in [0.2, 0.25) is 0 Å². The predicted octanol–water partition coefficient (Wildman–Crippen LogP) is 5.01. The Hall–Kier alpha value is -2.48. The standard InChI is InChI=1S/C16H10F4N2OS/c1-8-5-13-12(7-11(8)17)21-15(24-13)22-14(23)9-3-2-4-10(6-9)16(18,19)20/h2-7H,1H3,(H,21,22,23). The minimum absolute atomic E-state index is 0.133. The van der Waals surface area contributed by atoms with Gasteiger partial charge in [-0.05, 0) is 36.8 Å². The number of aromatic nitrogens is 1. The molecule has 0 spiro atoms. The highest BCUT2D eigenvalue weighted by atomic mass is 32.1. The molecule has 2 aromatic carbocycles. The largest absolute Gasteiger partial charge is 0.416 e. The number of thiazole rings is 1. The molecule has 1 amide bonds. The highest BCUT2D eigenvalue weighted by Crippen LogP contribution is 2.31. The van der Waals surface area contributed by atoms with Crippen LogP contribution in [0, 0.1) is 12.7 Å². The lowest BCUT2D eigenvalue weighted by Gasteiger charge is -2.08. The first kappa shape index (κ1) is 16.4. The molecule has 8 heteroatoms. The van der Waals surface area contributed by atoms with Gasteiger partial charge in [0, 0.05) is 11.6 Å². The van der Waals surface area contributed by atoms with E-state index in [0.717, 1.165) is 29.5 Å². The van der Waals surface area contributed by atoms with Gasteiger partial charge in [0.15, 0.2) is 5.13 Å². The van der Waals surface area contributed by atoms with Crippen LogP contribution in [0.25, 0.3) is 10.2 Å². The fourth-order valence-electron chi connectivity index (χ4n) is 2.11. The van der Waals surface area contributed by atoms with E-state index >= 15 is 0 Å². The maximum absolute atomic E-state index is 13.5. The van der Waals surface area contributed by atoms with Crippen molar-refractivity contribution in [3.63, 3.8) is 0 Å². The van der Waals surface area contributed by atoms with Crippen molar-refractivity contribution in [3.05, 3.63) is 58.9 Å². The number of nitrogens with one attached hydrogen (secondary N) is 1. The summed E-state index contributed by atoms with van der Waals surface area (Å²) in [6, 6.07) is 6.95. The van der Waals surface area contributed by atoms with Crippen LogP contribution in [0.15, 0.2) is 36.4 Å². The second-order valence-corrected chi connectivity index (χ2v) is 6.15. The number of aryl methyl sites for hydroxylation is 1. The molecule has 0 radical (unpaired) electrons. The zero-order valence-electron chi connectivity index (χ0n) is 12.2. The van der Waals surface area contributed by atoms with Crippen molar-refractivity contribution in [1.82, 2.24) is 4.98 Å². The number of anilines is 1. The van der Waals surface area contributed by atoms with E-state index in [1.807, 2.05) is 0 Å². The molecule has 124 valence electrons. The topological polar surface area (TPSA) is 42.0 Å². The molecule has 0 unspecified atom stereocenters. The average molecular weight is 354 g/mol. The maximum atomic E-state index is 13.5. The molecule has 0 aliphatic heterocycles. The van der Waals surface area contributed by atoms with Crippen LogP contribution in [0.3, 0.4) is 0 Å². The number of halogens is 4. The Morgan fingerprint density at radius 2 is 1.96 bits per heavy atom. The van der Waals surface area contributed by atoms with Crippen molar-refractivity contribution < 1.29 is 22.4 Å². The lowest BCUT2D eigenvalue weighted by Crippen LogP contribution is -2.13. The lowest BCUT2D eigenvalue weighted by atomic mass is 10.1. The molecule has 3 aromatic rings. The monoisotopic (exact) mass is 354 g/mol. The average Bonchev–Trinajstić information content (AvgIpc) is 2.88. The third-order valence-electron chi connectivity index (χ3n) is 3.34. The third kappa shape index (κ3) is 3.23. The van der Waals surface area contributed by atoms with E-state index in [9.17, 15) is 22.4 Å². The van der Waals surface area contributed by atoms with E-state index in [1.54, 1.807) is 13.0 Å². The van der Waals surface area contributed by atoms with Crippen LogP contribution in [-0.2, 0) is 6.18 Å². The summed E-state index contributed by atoms with van der Waals surface area (Å²) in [5.74, 6) is -1.12. The number of hydrogen-bond donors (Lipinski definition) is 1. The highest BCUT2D eigenvalue weighted by molar-refractivity contribution is 7.22. The van der Waals surface area contributed by atoms with Gasteiger partial charge in [0.25, 0.3) is 5.91 Å². The molecule has 0 saturated heterocycles. The first-order valence-electron chi connectivity index (χ1n) is 6.79. The molecule has 3 rings (SSSR count). The molecule has 0 fully saturated rings. The van der Waals surface area contributed by atoms with Gasteiger partial charge in [-0.15, -0.1) is 0 Å². The van der Waals surface area contributed by atoms with Crippen molar-refractivity contribution in [1.29, 1.82) is 0 Å². The van der Waals surface area contributed by atoms with Gasteiger partial charge < -0.3 is 0 Å². The van der Waals surface area contributed by atoms with E-state index in [-0.39, 0.29) is 10.7 Å². The number of hydrogen-bond acceptors (Lipinski definition) is 3. The molecule has 1 aromatic heterocycles. The van der Waals surface area contributed by atoms with Gasteiger partial charge >= 0.3 is 6.18 Å². The van der Waals surface area contributed by atoms with E-state index in [0.29, 0.717) is 15.8 Å². The number of amides is 1. The predicted molar refractivity (Wildman–Crippen MR) is 83.7 cm³/mol. The Kier molecular flexibility index (Phi) is 4.00. The van der Waals surface area contributed by atoms with Gasteiger partial charge in [0.1, 0.15) is 5.82 Å². The molecule has 24 heavy (non-hydrogen) atoms. The van der Waals surface area contributed by atoms with E-state index in [4.69, 9.17) is 0 Å². The van der Waals surface area contributed by atoms with E-state index in [1.165, 1.54) is 12.1 Å². The fraction of sp³-hybridized carbons (Fsp3) is 0.125. The normalized spacial score (nSPS) is 11.7. The zero-order chi connectivity index (χ0) is 17.5. The van der Waals surface area contributed by atoms with E-state index < -0.39 is 23.5 Å². The first-order valence-corrected chi connectivity index (χ1v) is 7.61. The minimum atomic E-state index is -4.53. The van der Waals surface area contributed by atoms with Crippen molar-refractivity contribution in [2.75, 3.05) is 5.32 Å². The Labute approximate surface area is 137 Å². The van der Waals surface area contributed by atoms with Crippen molar-refractivity contribution in [2.24, 2.45) is 0 Å². The Bertz CT molecular complexity index is 894. The van der Waals surface area contributed by atoms with Gasteiger partial charge in [0.2, 0.25) is 0 Å². The summed E-state index contributed by atoms with van der Waals surface area (Å²) in [6.07, 6.45) is -4.53. The number of benzene rings is 2. The summed E-state index contributed by atoms with van der Waals surface area (Å²) in [5.41, 5.74) is -0.215. The molecular weight excluding hydrogens is 344 g/mol. The lowest BCUT2D eigenvalue weighted by molar-refractivity contribution is -0.137. The molecule has 0 aliphatic carbocycles. The fourth-order valence-corrected chi connectivity index (χ4v) is 3.05. The summed E-state index contributed by atoms with van der Waals surface area (Å²) in [7, 11) is 0. The second kappa shape index (κ2) is 5.86. The number of carbonyl (C=O) groups excluding carboxylic acids is 1. The number of fused-ring (bicyclic) bond motifs is 1. The molecule has 1 N–H and O–H groups in total. The zero-order valence-corrected chi connectivity index (χ0v) is 13.1. The van der Waals surface area contributed by atoms with Gasteiger partial charge in [-0.2, -0.15) is 13.2 Å². The van der Waals surface area contributed by atoms with Gasteiger partial charge in [-0.25, -0.2) is 9.37 Å². The Morgan fingerprint density at radius 3 is 2.67 bits per heavy atom. The third-order valence-corrected chi connectivity index (χ3v) is 4.27. The van der Waals surface area contributed by atoms with Crippen LogP contribution < -0.4 is 5.32 Å². The maximum Gasteiger partial charge on any atom is 0.416 e. The Balaban J connectivity index is 1.87. The molecule has 0 atom stereocenters. The molecule has 0 bridgehead atoms.